The van der Waals surface area contributed by atoms with Gasteiger partial charge in [-0.1, -0.05) is 19.8 Å². The van der Waals surface area contributed by atoms with Crippen molar-refractivity contribution in [2.75, 3.05) is 0 Å². The smallest absolute Gasteiger partial charge is 0.303 e. The number of carboxylic acids is 1. The molecule has 0 amide bonds. The van der Waals surface area contributed by atoms with Crippen LogP contribution in [0.5, 0.6) is 0 Å². The van der Waals surface area contributed by atoms with Crippen LogP contribution in [0.4, 0.5) is 4.39 Å². The highest BCUT2D eigenvalue weighted by molar-refractivity contribution is 5.68. The molecular formula is C13H19FO2. The second kappa shape index (κ2) is 2.99. The van der Waals surface area contributed by atoms with Gasteiger partial charge in [-0.05, 0) is 42.4 Å². The van der Waals surface area contributed by atoms with Crippen molar-refractivity contribution in [2.24, 2.45) is 23.2 Å². The summed E-state index contributed by atoms with van der Waals surface area (Å²) >= 11 is 0. The molecule has 3 saturated carbocycles. The number of carbonyl (C=O) groups is 1. The van der Waals surface area contributed by atoms with Gasteiger partial charge in [-0.3, -0.25) is 4.79 Å². The molecule has 5 atom stereocenters. The molecule has 0 saturated heterocycles. The Bertz CT molecular complexity index is 343. The van der Waals surface area contributed by atoms with Crippen LogP contribution in [-0.2, 0) is 4.79 Å². The highest BCUT2D eigenvalue weighted by Gasteiger charge is 2.72. The van der Waals surface area contributed by atoms with E-state index in [0.717, 1.165) is 25.7 Å². The number of fused-ring (bicyclic) bond motifs is 1. The molecular weight excluding hydrogens is 207 g/mol. The monoisotopic (exact) mass is 226 g/mol. The number of alkyl halides is 1. The van der Waals surface area contributed by atoms with Crippen molar-refractivity contribution < 1.29 is 14.3 Å². The van der Waals surface area contributed by atoms with E-state index in [1.54, 1.807) is 0 Å². The fourth-order valence-corrected chi connectivity index (χ4v) is 5.07. The molecule has 0 radical (unpaired) electrons. The van der Waals surface area contributed by atoms with Crippen molar-refractivity contribution in [3.05, 3.63) is 0 Å². The van der Waals surface area contributed by atoms with Gasteiger partial charge < -0.3 is 5.11 Å². The van der Waals surface area contributed by atoms with Crippen molar-refractivity contribution in [1.29, 1.82) is 0 Å². The van der Waals surface area contributed by atoms with Crippen molar-refractivity contribution in [3.8, 4) is 0 Å². The summed E-state index contributed by atoms with van der Waals surface area (Å²) in [6.07, 6.45) is 4.92. The summed E-state index contributed by atoms with van der Waals surface area (Å²) in [6.45, 7) is 2.00. The average Bonchev–Trinajstić information content (AvgIpc) is 2.35. The Hall–Kier alpha value is -0.600. The van der Waals surface area contributed by atoms with Gasteiger partial charge in [-0.2, -0.15) is 0 Å². The van der Waals surface area contributed by atoms with Crippen molar-refractivity contribution in [3.63, 3.8) is 0 Å². The summed E-state index contributed by atoms with van der Waals surface area (Å²) < 4.78 is 14.8. The number of hydrogen-bond donors (Lipinski definition) is 1. The molecule has 3 rings (SSSR count). The van der Waals surface area contributed by atoms with Crippen LogP contribution < -0.4 is 0 Å². The van der Waals surface area contributed by atoms with Crippen molar-refractivity contribution in [2.45, 2.75) is 51.1 Å². The number of carboxylic acid groups (broad SMARTS) is 1. The first kappa shape index (κ1) is 10.5. The van der Waals surface area contributed by atoms with E-state index in [1.807, 2.05) is 6.92 Å². The van der Waals surface area contributed by atoms with Crippen LogP contribution in [0.15, 0.2) is 0 Å². The lowest BCUT2D eigenvalue weighted by atomic mass is 9.44. The van der Waals surface area contributed by atoms with Gasteiger partial charge in [0.25, 0.3) is 0 Å². The zero-order chi connectivity index (χ0) is 11.6. The van der Waals surface area contributed by atoms with Gasteiger partial charge in [0.05, 0.1) is 6.42 Å². The van der Waals surface area contributed by atoms with Crippen molar-refractivity contribution >= 4 is 5.97 Å². The fraction of sp³-hybridized carbons (Fsp3) is 0.923. The number of rotatable bonds is 2. The second-order valence-electron chi connectivity index (χ2n) is 6.35. The summed E-state index contributed by atoms with van der Waals surface area (Å²) in [5.41, 5.74) is -1.28. The topological polar surface area (TPSA) is 37.3 Å². The molecule has 0 aromatic carbocycles. The first-order valence-electron chi connectivity index (χ1n) is 6.37. The van der Waals surface area contributed by atoms with Crippen LogP contribution in [0.2, 0.25) is 0 Å². The molecule has 3 aliphatic rings. The maximum atomic E-state index is 14.8. The fourth-order valence-electron chi connectivity index (χ4n) is 5.07. The van der Waals surface area contributed by atoms with Gasteiger partial charge in [0, 0.05) is 0 Å². The van der Waals surface area contributed by atoms with E-state index in [4.69, 9.17) is 5.11 Å². The van der Waals surface area contributed by atoms with Crippen LogP contribution in [0, 0.1) is 23.2 Å². The maximum absolute atomic E-state index is 14.8. The molecule has 1 N–H and O–H groups in total. The lowest BCUT2D eigenvalue weighted by Gasteiger charge is -2.61. The molecule has 0 aliphatic heterocycles. The molecule has 0 spiro atoms. The van der Waals surface area contributed by atoms with Gasteiger partial charge >= 0.3 is 5.97 Å². The van der Waals surface area contributed by atoms with Crippen LogP contribution in [0.25, 0.3) is 0 Å². The molecule has 3 heteroatoms. The SMILES string of the molecule is CC1(CC(=O)O)[C@H]2CCC[C@H]3C[C@@H]1[C@]2(F)C3. The van der Waals surface area contributed by atoms with E-state index >= 15 is 0 Å². The number of aliphatic carboxylic acids is 1. The Labute approximate surface area is 95.2 Å². The third-order valence-corrected chi connectivity index (χ3v) is 5.56. The molecule has 2 bridgehead atoms. The maximum Gasteiger partial charge on any atom is 0.303 e. The van der Waals surface area contributed by atoms with Gasteiger partial charge in [-0.15, -0.1) is 0 Å². The van der Waals surface area contributed by atoms with E-state index < -0.39 is 11.6 Å². The molecule has 2 nitrogen and oxygen atoms in total. The summed E-state index contributed by atoms with van der Waals surface area (Å²) in [7, 11) is 0. The van der Waals surface area contributed by atoms with E-state index in [-0.39, 0.29) is 23.7 Å². The minimum Gasteiger partial charge on any atom is -0.481 e. The zero-order valence-corrected chi connectivity index (χ0v) is 9.71. The molecule has 0 aromatic rings. The van der Waals surface area contributed by atoms with E-state index in [2.05, 4.69) is 0 Å². The Morgan fingerprint density at radius 3 is 2.88 bits per heavy atom. The van der Waals surface area contributed by atoms with Gasteiger partial charge in [-0.25, -0.2) is 4.39 Å². The van der Waals surface area contributed by atoms with Gasteiger partial charge in [0.1, 0.15) is 5.67 Å². The summed E-state index contributed by atoms with van der Waals surface area (Å²) in [6, 6.07) is 0. The highest BCUT2D eigenvalue weighted by atomic mass is 19.1. The molecule has 1 unspecified atom stereocenters. The minimum atomic E-state index is -1.01. The molecule has 90 valence electrons. The largest absolute Gasteiger partial charge is 0.481 e. The third kappa shape index (κ3) is 1.09. The zero-order valence-electron chi connectivity index (χ0n) is 9.71. The normalized spacial score (nSPS) is 54.2. The molecule has 0 aromatic heterocycles. The first-order chi connectivity index (χ1) is 7.47. The molecule has 16 heavy (non-hydrogen) atoms. The summed E-state index contributed by atoms with van der Waals surface area (Å²) in [5.74, 6) is -0.214. The van der Waals surface area contributed by atoms with E-state index in [9.17, 15) is 9.18 Å². The predicted octanol–water partition coefficient (Wildman–Crippen LogP) is 3.02. The quantitative estimate of drug-likeness (QED) is 0.785. The highest BCUT2D eigenvalue weighted by Crippen LogP contribution is 2.72. The molecule has 3 aliphatic carbocycles. The standard InChI is InChI=1S/C13H19FO2/c1-12(7-11(15)16)9-4-2-3-8-5-10(12)13(9,14)6-8/h8-10H,2-7H2,1H3,(H,15,16)/t8-,9+,10-,12?,13-/m0/s1. The average molecular weight is 226 g/mol. The molecule has 0 heterocycles. The lowest BCUT2D eigenvalue weighted by Crippen LogP contribution is -2.63. The van der Waals surface area contributed by atoms with Gasteiger partial charge in [0.2, 0.25) is 0 Å². The Morgan fingerprint density at radius 1 is 1.44 bits per heavy atom. The Kier molecular flexibility index (Phi) is 1.97. The van der Waals surface area contributed by atoms with Crippen molar-refractivity contribution in [1.82, 2.24) is 0 Å². The summed E-state index contributed by atoms with van der Waals surface area (Å²) in [4.78, 5) is 10.9. The first-order valence-corrected chi connectivity index (χ1v) is 6.37. The van der Waals surface area contributed by atoms with Crippen LogP contribution in [0.1, 0.15) is 45.4 Å². The Balaban J connectivity index is 1.92. The predicted molar refractivity (Wildman–Crippen MR) is 57.8 cm³/mol. The Morgan fingerprint density at radius 2 is 2.19 bits per heavy atom. The number of hydrogen-bond acceptors (Lipinski definition) is 1. The van der Waals surface area contributed by atoms with Crippen LogP contribution >= 0.6 is 0 Å². The van der Waals surface area contributed by atoms with Crippen LogP contribution in [0.3, 0.4) is 0 Å². The van der Waals surface area contributed by atoms with E-state index in [1.165, 1.54) is 0 Å². The second-order valence-corrected chi connectivity index (χ2v) is 6.35. The number of halogens is 1. The molecule has 3 fully saturated rings. The minimum absolute atomic E-state index is 0.00796. The summed E-state index contributed by atoms with van der Waals surface area (Å²) in [5, 5.41) is 8.99. The van der Waals surface area contributed by atoms with Crippen LogP contribution in [-0.4, -0.2) is 16.7 Å². The third-order valence-electron chi connectivity index (χ3n) is 5.56. The van der Waals surface area contributed by atoms with E-state index in [0.29, 0.717) is 12.3 Å². The lowest BCUT2D eigenvalue weighted by molar-refractivity contribution is -0.198. The van der Waals surface area contributed by atoms with Gasteiger partial charge in [0.15, 0.2) is 0 Å².